The summed E-state index contributed by atoms with van der Waals surface area (Å²) < 4.78 is 0. The predicted octanol–water partition coefficient (Wildman–Crippen LogP) is 8.95. The van der Waals surface area contributed by atoms with E-state index in [0.717, 1.165) is 12.8 Å². The molecule has 0 aromatic heterocycles. The van der Waals surface area contributed by atoms with Gasteiger partial charge in [-0.05, 0) is 30.7 Å². The number of hydrogen-bond acceptors (Lipinski definition) is 5. The van der Waals surface area contributed by atoms with Crippen LogP contribution in [-0.2, 0) is 34.0 Å². The van der Waals surface area contributed by atoms with Crippen molar-refractivity contribution in [3.63, 3.8) is 0 Å². The van der Waals surface area contributed by atoms with E-state index in [4.69, 9.17) is 5.11 Å². The van der Waals surface area contributed by atoms with Crippen molar-refractivity contribution < 1.29 is 48.7 Å². The molecule has 6 nitrogen and oxygen atoms in total. The van der Waals surface area contributed by atoms with Crippen LogP contribution in [0.4, 0.5) is 0 Å². The second-order valence-electron chi connectivity index (χ2n) is 9.57. The topological polar surface area (TPSA) is 89.9 Å². The summed E-state index contributed by atoms with van der Waals surface area (Å²) in [7, 11) is 0. The Balaban J connectivity index is 0.000000724. The third kappa shape index (κ3) is 21.0. The van der Waals surface area contributed by atoms with E-state index in [1.54, 1.807) is 60.7 Å². The molecule has 2 aromatic rings. The summed E-state index contributed by atoms with van der Waals surface area (Å²) in [6, 6.07) is 16.6. The minimum absolute atomic E-state index is 0. The van der Waals surface area contributed by atoms with Gasteiger partial charge in [-0.1, -0.05) is 133 Å². The molecule has 212 valence electrons. The minimum atomic E-state index is -0.708. The largest absolute Gasteiger partial charge is 0.481 e. The van der Waals surface area contributed by atoms with Crippen LogP contribution in [0.3, 0.4) is 0 Å². The smallest absolute Gasteiger partial charge is 0.386 e. The van der Waals surface area contributed by atoms with Gasteiger partial charge in [-0.3, -0.25) is 4.79 Å². The maximum Gasteiger partial charge on any atom is 0.386 e. The molecular weight excluding hydrogens is 546 g/mol. The van der Waals surface area contributed by atoms with Crippen LogP contribution in [0.2, 0.25) is 0 Å². The molecule has 0 bridgehead atoms. The Labute approximate surface area is 247 Å². The zero-order chi connectivity index (χ0) is 27.7. The number of aliphatic carboxylic acids is 1. The number of carboxylic acid groups (broad SMARTS) is 1. The van der Waals surface area contributed by atoms with Crippen LogP contribution in [0.15, 0.2) is 60.7 Å². The minimum Gasteiger partial charge on any atom is -0.481 e. The number of rotatable bonds is 18. The Bertz CT molecular complexity index is 821. The second kappa shape index (κ2) is 25.7. The molecule has 0 atom stereocenters. The van der Waals surface area contributed by atoms with Crippen molar-refractivity contribution in [3.05, 3.63) is 71.8 Å². The van der Waals surface area contributed by atoms with Crippen molar-refractivity contribution in [2.45, 2.75) is 110 Å². The van der Waals surface area contributed by atoms with Crippen LogP contribution in [0.25, 0.3) is 0 Å². The Morgan fingerprint density at radius 1 is 0.538 bits per heavy atom. The first kappa shape index (κ1) is 36.5. The first-order valence-corrected chi connectivity index (χ1v) is 14.3. The van der Waals surface area contributed by atoms with Gasteiger partial charge in [-0.25, -0.2) is 19.4 Å². The molecule has 0 heterocycles. The van der Waals surface area contributed by atoms with Crippen LogP contribution in [-0.4, -0.2) is 23.0 Å². The molecule has 7 heteroatoms. The fourth-order valence-electron chi connectivity index (χ4n) is 3.97. The predicted molar refractivity (Wildman–Crippen MR) is 151 cm³/mol. The molecule has 0 fully saturated rings. The van der Waals surface area contributed by atoms with Gasteiger partial charge in [0.15, 0.2) is 0 Å². The Morgan fingerprint density at radius 2 is 0.846 bits per heavy atom. The maximum atomic E-state index is 11.5. The van der Waals surface area contributed by atoms with Crippen molar-refractivity contribution in [3.8, 4) is 0 Å². The zero-order valence-electron chi connectivity index (χ0n) is 23.8. The van der Waals surface area contributed by atoms with Crippen molar-refractivity contribution in [1.82, 2.24) is 0 Å². The van der Waals surface area contributed by atoms with E-state index >= 15 is 0 Å². The van der Waals surface area contributed by atoms with Gasteiger partial charge in [0.1, 0.15) is 0 Å². The monoisotopic (exact) mass is 590 g/mol. The number of carbonyl (C=O) groups excluding carboxylic acids is 2. The van der Waals surface area contributed by atoms with E-state index in [2.05, 4.69) is 16.7 Å². The Morgan fingerprint density at radius 3 is 1.15 bits per heavy atom. The number of benzene rings is 2. The second-order valence-corrected chi connectivity index (χ2v) is 9.57. The third-order valence-corrected chi connectivity index (χ3v) is 6.21. The van der Waals surface area contributed by atoms with Gasteiger partial charge in [-0.2, -0.15) is 0 Å². The van der Waals surface area contributed by atoms with E-state index in [1.807, 2.05) is 0 Å². The summed E-state index contributed by atoms with van der Waals surface area (Å²) in [5.41, 5.74) is 0.636. The van der Waals surface area contributed by atoms with Crippen molar-refractivity contribution in [1.29, 1.82) is 0 Å². The molecule has 0 radical (unpaired) electrons. The fourth-order valence-corrected chi connectivity index (χ4v) is 3.97. The fraction of sp³-hybridized carbons (Fsp3) is 0.531. The average molecular weight is 592 g/mol. The molecule has 0 unspecified atom stereocenters. The molecular formula is C32H46O6Zn. The van der Waals surface area contributed by atoms with Crippen LogP contribution >= 0.6 is 0 Å². The summed E-state index contributed by atoms with van der Waals surface area (Å²) in [5.74, 6) is -2.07. The summed E-state index contributed by atoms with van der Waals surface area (Å²) in [5, 5.41) is 8.52. The van der Waals surface area contributed by atoms with Crippen LogP contribution in [0, 0.1) is 0 Å². The van der Waals surface area contributed by atoms with E-state index < -0.39 is 17.9 Å². The summed E-state index contributed by atoms with van der Waals surface area (Å²) in [6.45, 7) is 2.27. The molecule has 1 N–H and O–H groups in total. The van der Waals surface area contributed by atoms with Crippen molar-refractivity contribution in [2.75, 3.05) is 0 Å². The van der Waals surface area contributed by atoms with E-state index in [9.17, 15) is 14.4 Å². The van der Waals surface area contributed by atoms with E-state index in [-0.39, 0.29) is 19.5 Å². The third-order valence-electron chi connectivity index (χ3n) is 6.21. The maximum absolute atomic E-state index is 11.5. The number of hydrogen-bond donors (Lipinski definition) is 1. The van der Waals surface area contributed by atoms with Crippen molar-refractivity contribution >= 4 is 17.9 Å². The standard InChI is InChI=1S/C18H36O2.C14H10O4.Zn/c1-2-3-4-5-6-7-8-9-10-11-12-13-14-15-16-17-18(19)20;15-13(11-7-3-1-4-8-11)17-18-14(16)12-9-5-2-6-10-12;/h2-17H2,1H3,(H,19,20);1-10H;. The number of carbonyl (C=O) groups is 3. The molecule has 0 aliphatic heterocycles. The van der Waals surface area contributed by atoms with Gasteiger partial charge in [0, 0.05) is 25.9 Å². The van der Waals surface area contributed by atoms with Crippen LogP contribution < -0.4 is 0 Å². The Kier molecular flexibility index (Phi) is 24.1. The van der Waals surface area contributed by atoms with Crippen molar-refractivity contribution in [2.24, 2.45) is 0 Å². The van der Waals surface area contributed by atoms with Gasteiger partial charge >= 0.3 is 17.9 Å². The van der Waals surface area contributed by atoms with Crippen LogP contribution in [0.1, 0.15) is 130 Å². The molecule has 0 amide bonds. The Hall–Kier alpha value is -2.53. The number of unbranched alkanes of at least 4 members (excludes halogenated alkanes) is 14. The van der Waals surface area contributed by atoms with Crippen LogP contribution in [0.5, 0.6) is 0 Å². The SMILES string of the molecule is CCCCCCCCCCCCCCCCCC(=O)O.O=C(OOC(=O)c1ccccc1)c1ccccc1.[Zn]. The summed E-state index contributed by atoms with van der Waals surface area (Å²) in [4.78, 5) is 42.2. The molecule has 0 saturated carbocycles. The van der Waals surface area contributed by atoms with Gasteiger partial charge < -0.3 is 5.11 Å². The van der Waals surface area contributed by atoms with E-state index in [1.165, 1.54) is 83.5 Å². The first-order valence-electron chi connectivity index (χ1n) is 14.3. The summed E-state index contributed by atoms with van der Waals surface area (Å²) >= 11 is 0. The average Bonchev–Trinajstić information content (AvgIpc) is 2.94. The number of carboxylic acids is 1. The first-order chi connectivity index (χ1) is 18.5. The van der Waals surface area contributed by atoms with Gasteiger partial charge in [-0.15, -0.1) is 0 Å². The normalized spacial score (nSPS) is 9.97. The molecule has 0 aliphatic rings. The molecule has 2 rings (SSSR count). The van der Waals surface area contributed by atoms with Gasteiger partial charge in [0.25, 0.3) is 0 Å². The summed E-state index contributed by atoms with van der Waals surface area (Å²) in [6.07, 6.45) is 20.2. The quantitative estimate of drug-likeness (QED) is 0.0805. The molecule has 0 aliphatic carbocycles. The molecule has 2 aromatic carbocycles. The molecule has 39 heavy (non-hydrogen) atoms. The van der Waals surface area contributed by atoms with Gasteiger partial charge in [0.2, 0.25) is 0 Å². The van der Waals surface area contributed by atoms with E-state index in [0.29, 0.717) is 17.5 Å². The van der Waals surface area contributed by atoms with Gasteiger partial charge in [0.05, 0.1) is 11.1 Å². The molecule has 0 spiro atoms. The zero-order valence-corrected chi connectivity index (χ0v) is 26.7. The molecule has 0 saturated heterocycles.